The van der Waals surface area contributed by atoms with Gasteiger partial charge in [-0.25, -0.2) is 9.67 Å². The zero-order chi connectivity index (χ0) is 20.4. The molecule has 0 radical (unpaired) electrons. The Morgan fingerprint density at radius 3 is 2.62 bits per heavy atom. The Bertz CT molecular complexity index is 1040. The smallest absolute Gasteiger partial charge is 0.267 e. The molecule has 0 saturated carbocycles. The molecule has 3 heterocycles. The summed E-state index contributed by atoms with van der Waals surface area (Å²) in [5.74, 6) is -0.465. The molecular formula is C20H20N6O3. The topological polar surface area (TPSA) is 113 Å². The second-order valence-corrected chi connectivity index (χ2v) is 6.96. The molecule has 1 atom stereocenters. The maximum Gasteiger partial charge on any atom is 0.267 e. The van der Waals surface area contributed by atoms with Crippen LogP contribution in [0.3, 0.4) is 0 Å². The van der Waals surface area contributed by atoms with Gasteiger partial charge in [0.2, 0.25) is 0 Å². The number of H-pyrrole nitrogens is 1. The minimum atomic E-state index is -0.283. The van der Waals surface area contributed by atoms with Gasteiger partial charge in [-0.3, -0.25) is 14.4 Å². The lowest BCUT2D eigenvalue weighted by atomic mass is 10.2. The first-order chi connectivity index (χ1) is 14.0. The monoisotopic (exact) mass is 392 g/mol. The van der Waals surface area contributed by atoms with E-state index < -0.39 is 0 Å². The standard InChI is InChI=1S/C20H20N6O3/c1-13(27)15-8-18(22-9-15)19(28)24-16-6-7-25(10-16)20(29)14-2-4-17(5-3-14)26-12-21-11-23-26/h2-5,8-9,11-12,16,22H,6-7,10H2,1H3,(H,24,28)/t16-/m1/s1. The minimum Gasteiger partial charge on any atom is -0.356 e. The Labute approximate surface area is 166 Å². The van der Waals surface area contributed by atoms with Crippen LogP contribution in [0.2, 0.25) is 0 Å². The predicted octanol–water partition coefficient (Wildman–Crippen LogP) is 1.44. The molecule has 2 amide bonds. The van der Waals surface area contributed by atoms with Crippen LogP contribution < -0.4 is 5.32 Å². The van der Waals surface area contributed by atoms with Crippen LogP contribution in [0.1, 0.15) is 44.5 Å². The van der Waals surface area contributed by atoms with E-state index in [1.165, 1.54) is 25.5 Å². The highest BCUT2D eigenvalue weighted by Gasteiger charge is 2.28. The van der Waals surface area contributed by atoms with Crippen LogP contribution in [0.5, 0.6) is 0 Å². The second kappa shape index (κ2) is 7.70. The van der Waals surface area contributed by atoms with Crippen molar-refractivity contribution in [2.45, 2.75) is 19.4 Å². The van der Waals surface area contributed by atoms with Crippen molar-refractivity contribution in [1.29, 1.82) is 0 Å². The first-order valence-corrected chi connectivity index (χ1v) is 9.26. The molecule has 9 heteroatoms. The van der Waals surface area contributed by atoms with E-state index >= 15 is 0 Å². The molecule has 1 aliphatic heterocycles. The van der Waals surface area contributed by atoms with Crippen molar-refractivity contribution in [3.8, 4) is 5.69 Å². The molecule has 0 aliphatic carbocycles. The summed E-state index contributed by atoms with van der Waals surface area (Å²) in [4.78, 5) is 44.9. The van der Waals surface area contributed by atoms with E-state index in [1.54, 1.807) is 28.0 Å². The number of rotatable bonds is 5. The van der Waals surface area contributed by atoms with Gasteiger partial charge in [-0.15, -0.1) is 0 Å². The number of ketones is 1. The molecule has 148 valence electrons. The Balaban J connectivity index is 1.35. The molecule has 0 unspecified atom stereocenters. The molecule has 1 fully saturated rings. The van der Waals surface area contributed by atoms with Gasteiger partial charge >= 0.3 is 0 Å². The summed E-state index contributed by atoms with van der Waals surface area (Å²) in [6.45, 7) is 2.46. The van der Waals surface area contributed by atoms with Crippen LogP contribution in [-0.4, -0.2) is 61.4 Å². The summed E-state index contributed by atoms with van der Waals surface area (Å²) in [6, 6.07) is 8.54. The van der Waals surface area contributed by atoms with Crippen molar-refractivity contribution in [2.24, 2.45) is 0 Å². The number of nitrogens with zero attached hydrogens (tertiary/aromatic N) is 4. The van der Waals surface area contributed by atoms with Gasteiger partial charge in [-0.2, -0.15) is 5.10 Å². The lowest BCUT2D eigenvalue weighted by Crippen LogP contribution is -2.38. The van der Waals surface area contributed by atoms with E-state index in [2.05, 4.69) is 20.4 Å². The third-order valence-electron chi connectivity index (χ3n) is 4.94. The lowest BCUT2D eigenvalue weighted by Gasteiger charge is -2.17. The van der Waals surface area contributed by atoms with E-state index in [1.807, 2.05) is 12.1 Å². The number of carbonyl (C=O) groups is 3. The van der Waals surface area contributed by atoms with Crippen LogP contribution in [-0.2, 0) is 0 Å². The number of carbonyl (C=O) groups excluding carboxylic acids is 3. The molecule has 29 heavy (non-hydrogen) atoms. The van der Waals surface area contributed by atoms with Crippen molar-refractivity contribution in [3.63, 3.8) is 0 Å². The van der Waals surface area contributed by atoms with Crippen molar-refractivity contribution < 1.29 is 14.4 Å². The zero-order valence-electron chi connectivity index (χ0n) is 15.8. The van der Waals surface area contributed by atoms with Gasteiger partial charge in [0.05, 0.1) is 5.69 Å². The number of hydrogen-bond acceptors (Lipinski definition) is 5. The van der Waals surface area contributed by atoms with Gasteiger partial charge in [0, 0.05) is 36.5 Å². The van der Waals surface area contributed by atoms with Gasteiger partial charge in [0.1, 0.15) is 18.3 Å². The van der Waals surface area contributed by atoms with Crippen LogP contribution >= 0.6 is 0 Å². The maximum absolute atomic E-state index is 12.8. The summed E-state index contributed by atoms with van der Waals surface area (Å²) >= 11 is 0. The van der Waals surface area contributed by atoms with Crippen LogP contribution in [0.15, 0.2) is 49.2 Å². The second-order valence-electron chi connectivity index (χ2n) is 6.96. The fraction of sp³-hybridized carbons (Fsp3) is 0.250. The van der Waals surface area contributed by atoms with Crippen LogP contribution in [0.4, 0.5) is 0 Å². The average molecular weight is 392 g/mol. The highest BCUT2D eigenvalue weighted by molar-refractivity contribution is 5.99. The Morgan fingerprint density at radius 2 is 1.97 bits per heavy atom. The third-order valence-corrected chi connectivity index (χ3v) is 4.94. The van der Waals surface area contributed by atoms with E-state index in [4.69, 9.17) is 0 Å². The van der Waals surface area contributed by atoms with Gasteiger partial charge in [-0.1, -0.05) is 0 Å². The van der Waals surface area contributed by atoms with Crippen LogP contribution in [0.25, 0.3) is 5.69 Å². The Morgan fingerprint density at radius 1 is 1.17 bits per heavy atom. The average Bonchev–Trinajstić information content (AvgIpc) is 3.48. The molecule has 1 aliphatic rings. The normalized spacial score (nSPS) is 16.0. The predicted molar refractivity (Wildman–Crippen MR) is 104 cm³/mol. The molecule has 2 N–H and O–H groups in total. The minimum absolute atomic E-state index is 0.0781. The van der Waals surface area contributed by atoms with Gasteiger partial charge < -0.3 is 15.2 Å². The summed E-state index contributed by atoms with van der Waals surface area (Å²) in [5.41, 5.74) is 2.20. The maximum atomic E-state index is 12.8. The van der Waals surface area contributed by atoms with Crippen LogP contribution in [0, 0.1) is 0 Å². The molecule has 3 aromatic rings. The zero-order valence-corrected chi connectivity index (χ0v) is 15.8. The third kappa shape index (κ3) is 3.93. The first kappa shape index (κ1) is 18.6. The number of benzene rings is 1. The fourth-order valence-electron chi connectivity index (χ4n) is 3.34. The SMILES string of the molecule is CC(=O)c1c[nH]c(C(=O)N[C@@H]2CCN(C(=O)c3ccc(-n4cncn4)cc3)C2)c1. The molecule has 9 nitrogen and oxygen atoms in total. The molecule has 1 saturated heterocycles. The number of likely N-dealkylation sites (tertiary alicyclic amines) is 1. The highest BCUT2D eigenvalue weighted by atomic mass is 16.2. The van der Waals surface area contributed by atoms with Gasteiger partial charge in [-0.05, 0) is 43.7 Å². The van der Waals surface area contributed by atoms with E-state index in [0.29, 0.717) is 36.3 Å². The highest BCUT2D eigenvalue weighted by Crippen LogP contribution is 2.16. The largest absolute Gasteiger partial charge is 0.356 e. The lowest BCUT2D eigenvalue weighted by molar-refractivity contribution is 0.0783. The number of hydrogen-bond donors (Lipinski definition) is 2. The molecular weight excluding hydrogens is 372 g/mol. The van der Waals surface area contributed by atoms with Gasteiger partial charge in [0.25, 0.3) is 11.8 Å². The number of amides is 2. The number of Topliss-reactive ketones (excluding diaryl/α,β-unsaturated/α-hetero) is 1. The fourth-order valence-corrected chi connectivity index (χ4v) is 3.34. The summed E-state index contributed by atoms with van der Waals surface area (Å²) < 4.78 is 1.62. The molecule has 2 aromatic heterocycles. The summed E-state index contributed by atoms with van der Waals surface area (Å²) in [5, 5.41) is 6.98. The Hall–Kier alpha value is -3.75. The first-order valence-electron chi connectivity index (χ1n) is 9.26. The Kier molecular flexibility index (Phi) is 4.94. The van der Waals surface area contributed by atoms with Gasteiger partial charge in [0.15, 0.2) is 5.78 Å². The van der Waals surface area contributed by atoms with Crippen molar-refractivity contribution in [2.75, 3.05) is 13.1 Å². The quantitative estimate of drug-likeness (QED) is 0.638. The van der Waals surface area contributed by atoms with Crippen molar-refractivity contribution in [3.05, 3.63) is 66.0 Å². The number of aromatic nitrogens is 4. The van der Waals surface area contributed by atoms with E-state index in [9.17, 15) is 14.4 Å². The molecule has 1 aromatic carbocycles. The number of nitrogens with one attached hydrogen (secondary N) is 2. The van der Waals surface area contributed by atoms with E-state index in [-0.39, 0.29) is 23.6 Å². The van der Waals surface area contributed by atoms with Crippen molar-refractivity contribution >= 4 is 17.6 Å². The summed E-state index contributed by atoms with van der Waals surface area (Å²) in [7, 11) is 0. The molecule has 0 spiro atoms. The van der Waals surface area contributed by atoms with E-state index in [0.717, 1.165) is 5.69 Å². The van der Waals surface area contributed by atoms with Crippen molar-refractivity contribution in [1.82, 2.24) is 30.0 Å². The number of aromatic amines is 1. The summed E-state index contributed by atoms with van der Waals surface area (Å²) in [6.07, 6.45) is 5.24. The molecule has 4 rings (SSSR count). The molecule has 0 bridgehead atoms.